The molecule has 3 aromatic carbocycles. The summed E-state index contributed by atoms with van der Waals surface area (Å²) in [5.41, 5.74) is 8.30. The molecule has 196 valence electrons. The van der Waals surface area contributed by atoms with Gasteiger partial charge < -0.3 is 29.4 Å². The van der Waals surface area contributed by atoms with Crippen LogP contribution < -0.4 is 29.4 Å². The Hall–Kier alpha value is -4.64. The molecule has 8 nitrogen and oxygen atoms in total. The second-order valence-electron chi connectivity index (χ2n) is 8.78. The molecule has 0 saturated heterocycles. The first-order chi connectivity index (χ1) is 18.3. The van der Waals surface area contributed by atoms with Gasteiger partial charge in [-0.1, -0.05) is 12.1 Å². The Morgan fingerprint density at radius 2 is 1.66 bits per heavy atom. The van der Waals surface area contributed by atoms with Crippen LogP contribution in [0.2, 0.25) is 0 Å². The van der Waals surface area contributed by atoms with Crippen LogP contribution in [0, 0.1) is 11.3 Å². The third kappa shape index (κ3) is 5.68. The monoisotopic (exact) mass is 514 g/mol. The largest absolute Gasteiger partial charge is 0.491 e. The molecular formula is C30H30N2O6. The SMILES string of the molecule is CCOc1ccc(C2C(C#N)=C(N)Oc3cc(OC(=O)c4ccc(OC(C)C)cc4)ccc32)cc1OCC. The van der Waals surface area contributed by atoms with Crippen molar-refractivity contribution in [2.24, 2.45) is 5.73 Å². The van der Waals surface area contributed by atoms with Crippen LogP contribution in [0.5, 0.6) is 28.7 Å². The summed E-state index contributed by atoms with van der Waals surface area (Å²) in [6.45, 7) is 8.60. The number of carbonyl (C=O) groups is 1. The van der Waals surface area contributed by atoms with E-state index in [4.69, 9.17) is 29.4 Å². The smallest absolute Gasteiger partial charge is 0.343 e. The topological polar surface area (TPSA) is 113 Å². The number of fused-ring (bicyclic) bond motifs is 1. The van der Waals surface area contributed by atoms with Crippen LogP contribution in [0.1, 0.15) is 55.1 Å². The molecule has 0 aromatic heterocycles. The predicted molar refractivity (Wildman–Crippen MR) is 142 cm³/mol. The van der Waals surface area contributed by atoms with Crippen molar-refractivity contribution in [1.29, 1.82) is 5.26 Å². The summed E-state index contributed by atoms with van der Waals surface area (Å²) < 4.78 is 28.5. The standard InChI is InChI=1S/C30H30N2O6/c1-5-34-25-14-9-20(15-27(25)35-6-2)28-23-13-12-22(16-26(23)38-29(32)24(28)17-31)37-30(33)19-7-10-21(11-8-19)36-18(3)4/h7-16,18,28H,5-6,32H2,1-4H3. The highest BCUT2D eigenvalue weighted by molar-refractivity contribution is 5.91. The van der Waals surface area contributed by atoms with Crippen LogP contribution in [0.4, 0.5) is 0 Å². The number of nitrogens with two attached hydrogens (primary N) is 1. The minimum absolute atomic E-state index is 0.0129. The molecule has 0 aliphatic carbocycles. The number of allylic oxidation sites excluding steroid dienone is 1. The predicted octanol–water partition coefficient (Wildman–Crippen LogP) is 5.71. The number of ether oxygens (including phenoxy) is 5. The van der Waals surface area contributed by atoms with Gasteiger partial charge in [-0.15, -0.1) is 0 Å². The maximum atomic E-state index is 12.7. The summed E-state index contributed by atoms with van der Waals surface area (Å²) in [5, 5.41) is 9.90. The number of carbonyl (C=O) groups excluding carboxylic acids is 1. The molecule has 0 spiro atoms. The zero-order chi connectivity index (χ0) is 27.2. The molecule has 8 heteroatoms. The van der Waals surface area contributed by atoms with Crippen molar-refractivity contribution < 1.29 is 28.5 Å². The second kappa shape index (κ2) is 11.6. The van der Waals surface area contributed by atoms with Crippen molar-refractivity contribution in [2.45, 2.75) is 39.7 Å². The molecule has 4 rings (SSSR count). The fourth-order valence-electron chi connectivity index (χ4n) is 4.20. The molecular weight excluding hydrogens is 484 g/mol. The summed E-state index contributed by atoms with van der Waals surface area (Å²) in [7, 11) is 0. The number of benzene rings is 3. The van der Waals surface area contributed by atoms with E-state index in [1.54, 1.807) is 42.5 Å². The van der Waals surface area contributed by atoms with Crippen LogP contribution in [0.3, 0.4) is 0 Å². The van der Waals surface area contributed by atoms with E-state index < -0.39 is 11.9 Å². The Bertz CT molecular complexity index is 1390. The fraction of sp³-hybridized carbons (Fsp3) is 0.267. The van der Waals surface area contributed by atoms with E-state index in [0.717, 1.165) is 5.56 Å². The van der Waals surface area contributed by atoms with Crippen molar-refractivity contribution in [3.05, 3.63) is 88.8 Å². The number of nitrogens with zero attached hydrogens (tertiary/aromatic N) is 1. The van der Waals surface area contributed by atoms with Crippen LogP contribution in [-0.2, 0) is 0 Å². The number of rotatable bonds is 9. The van der Waals surface area contributed by atoms with Gasteiger partial charge in [0.05, 0.1) is 30.8 Å². The first-order valence-corrected chi connectivity index (χ1v) is 12.4. The fourth-order valence-corrected chi connectivity index (χ4v) is 4.20. The number of esters is 1. The molecule has 1 aliphatic rings. The van der Waals surface area contributed by atoms with Gasteiger partial charge >= 0.3 is 5.97 Å². The Morgan fingerprint density at radius 3 is 2.32 bits per heavy atom. The van der Waals surface area contributed by atoms with E-state index in [2.05, 4.69) is 6.07 Å². The highest BCUT2D eigenvalue weighted by Gasteiger charge is 2.32. The van der Waals surface area contributed by atoms with E-state index >= 15 is 0 Å². The zero-order valence-corrected chi connectivity index (χ0v) is 21.8. The lowest BCUT2D eigenvalue weighted by Crippen LogP contribution is -2.21. The molecule has 0 bridgehead atoms. The van der Waals surface area contributed by atoms with Crippen molar-refractivity contribution in [3.63, 3.8) is 0 Å². The van der Waals surface area contributed by atoms with Crippen molar-refractivity contribution >= 4 is 5.97 Å². The quantitative estimate of drug-likeness (QED) is 0.285. The molecule has 2 N–H and O–H groups in total. The van der Waals surface area contributed by atoms with Crippen molar-refractivity contribution in [1.82, 2.24) is 0 Å². The summed E-state index contributed by atoms with van der Waals surface area (Å²) in [4.78, 5) is 12.7. The minimum atomic E-state index is -0.525. The molecule has 0 saturated carbocycles. The lowest BCUT2D eigenvalue weighted by molar-refractivity contribution is 0.0734. The summed E-state index contributed by atoms with van der Waals surface area (Å²) >= 11 is 0. The van der Waals surface area contributed by atoms with Gasteiger partial charge in [0.15, 0.2) is 11.5 Å². The van der Waals surface area contributed by atoms with Crippen molar-refractivity contribution in [2.75, 3.05) is 13.2 Å². The average molecular weight is 515 g/mol. The molecule has 3 aromatic rings. The Labute approximate surface area is 222 Å². The first kappa shape index (κ1) is 26.4. The van der Waals surface area contributed by atoms with Gasteiger partial charge in [0.25, 0.3) is 0 Å². The minimum Gasteiger partial charge on any atom is -0.491 e. The highest BCUT2D eigenvalue weighted by Crippen LogP contribution is 2.45. The molecule has 1 heterocycles. The first-order valence-electron chi connectivity index (χ1n) is 12.4. The van der Waals surface area contributed by atoms with E-state index in [1.807, 2.05) is 45.9 Å². The third-order valence-corrected chi connectivity index (χ3v) is 5.76. The molecule has 1 unspecified atom stereocenters. The highest BCUT2D eigenvalue weighted by atomic mass is 16.5. The Kier molecular flexibility index (Phi) is 8.07. The van der Waals surface area contributed by atoms with Crippen LogP contribution in [0.15, 0.2) is 72.1 Å². The van der Waals surface area contributed by atoms with E-state index in [9.17, 15) is 10.1 Å². The lowest BCUT2D eigenvalue weighted by Gasteiger charge is -2.27. The van der Waals surface area contributed by atoms with Crippen LogP contribution in [0.25, 0.3) is 0 Å². The number of hydrogen-bond donors (Lipinski definition) is 1. The van der Waals surface area contributed by atoms with Gasteiger partial charge in [0.1, 0.15) is 28.9 Å². The zero-order valence-electron chi connectivity index (χ0n) is 21.8. The van der Waals surface area contributed by atoms with Gasteiger partial charge in [-0.05, 0) is 75.7 Å². The second-order valence-corrected chi connectivity index (χ2v) is 8.78. The van der Waals surface area contributed by atoms with E-state index in [0.29, 0.717) is 47.3 Å². The molecule has 0 fully saturated rings. The van der Waals surface area contributed by atoms with Gasteiger partial charge in [0.2, 0.25) is 5.88 Å². The summed E-state index contributed by atoms with van der Waals surface area (Å²) in [6.07, 6.45) is 0.0310. The van der Waals surface area contributed by atoms with E-state index in [1.165, 1.54) is 0 Å². The normalized spacial score (nSPS) is 14.3. The summed E-state index contributed by atoms with van der Waals surface area (Å²) in [6, 6.07) is 19.5. The molecule has 0 amide bonds. The number of hydrogen-bond acceptors (Lipinski definition) is 8. The van der Waals surface area contributed by atoms with Crippen LogP contribution >= 0.6 is 0 Å². The molecule has 1 atom stereocenters. The molecule has 38 heavy (non-hydrogen) atoms. The Balaban J connectivity index is 1.63. The third-order valence-electron chi connectivity index (χ3n) is 5.76. The molecule has 1 aliphatic heterocycles. The average Bonchev–Trinajstić information content (AvgIpc) is 2.89. The lowest BCUT2D eigenvalue weighted by atomic mass is 9.83. The van der Waals surface area contributed by atoms with E-state index in [-0.39, 0.29) is 23.3 Å². The maximum Gasteiger partial charge on any atom is 0.343 e. The number of nitriles is 1. The van der Waals surface area contributed by atoms with Gasteiger partial charge in [0, 0.05) is 11.6 Å². The molecule has 0 radical (unpaired) electrons. The van der Waals surface area contributed by atoms with Crippen LogP contribution in [-0.4, -0.2) is 25.3 Å². The van der Waals surface area contributed by atoms with Crippen molar-refractivity contribution in [3.8, 4) is 34.8 Å². The van der Waals surface area contributed by atoms with Gasteiger partial charge in [-0.25, -0.2) is 4.79 Å². The van der Waals surface area contributed by atoms with Gasteiger partial charge in [-0.3, -0.25) is 0 Å². The van der Waals surface area contributed by atoms with Gasteiger partial charge in [-0.2, -0.15) is 5.26 Å². The summed E-state index contributed by atoms with van der Waals surface area (Å²) in [5.74, 6) is 1.50. The maximum absolute atomic E-state index is 12.7. The Morgan fingerprint density at radius 1 is 0.974 bits per heavy atom.